The molecule has 1 aromatic rings. The Hall–Kier alpha value is -1.03. The van der Waals surface area contributed by atoms with Crippen molar-refractivity contribution in [3.63, 3.8) is 0 Å². The highest BCUT2D eigenvalue weighted by Crippen LogP contribution is 2.11. The average Bonchev–Trinajstić information content (AvgIpc) is 2.34. The maximum absolute atomic E-state index is 12.0. The zero-order valence-electron chi connectivity index (χ0n) is 10.0. The molecule has 0 aliphatic rings. The molecule has 1 N–H and O–H groups in total. The lowest BCUT2D eigenvalue weighted by atomic mass is 10.2. The van der Waals surface area contributed by atoms with Gasteiger partial charge in [-0.1, -0.05) is 22.4 Å². The van der Waals surface area contributed by atoms with Gasteiger partial charge in [0.05, 0.1) is 0 Å². The average molecular weight is 300 g/mol. The molecular weight excluding hydrogens is 282 g/mol. The van der Waals surface area contributed by atoms with Gasteiger partial charge in [-0.15, -0.1) is 0 Å². The van der Waals surface area contributed by atoms with Crippen LogP contribution in [0.1, 0.15) is 29.6 Å². The predicted molar refractivity (Wildman–Crippen MR) is 72.7 cm³/mol. The number of phenolic OH excluding ortho intramolecular Hbond substituents is 1. The van der Waals surface area contributed by atoms with Crippen molar-refractivity contribution in [3.05, 3.63) is 29.8 Å². The molecule has 0 heterocycles. The molecule has 4 heteroatoms. The fourth-order valence-electron chi connectivity index (χ4n) is 1.55. The summed E-state index contributed by atoms with van der Waals surface area (Å²) < 4.78 is 0. The van der Waals surface area contributed by atoms with Gasteiger partial charge in [0, 0.05) is 24.5 Å². The summed E-state index contributed by atoms with van der Waals surface area (Å²) in [7, 11) is 1.81. The third-order valence-electron chi connectivity index (χ3n) is 2.59. The van der Waals surface area contributed by atoms with Crippen molar-refractivity contribution in [1.29, 1.82) is 0 Å². The molecule has 0 aromatic heterocycles. The summed E-state index contributed by atoms with van der Waals surface area (Å²) in [6.07, 6.45) is 3.28. The lowest BCUT2D eigenvalue weighted by Crippen LogP contribution is -2.27. The normalized spacial score (nSPS) is 10.2. The van der Waals surface area contributed by atoms with E-state index < -0.39 is 0 Å². The Labute approximate surface area is 111 Å². The number of unbranched alkanes of at least 4 members (excludes halogenated alkanes) is 2. The van der Waals surface area contributed by atoms with Gasteiger partial charge in [0.1, 0.15) is 5.75 Å². The maximum atomic E-state index is 12.0. The number of carbonyl (C=O) groups is 1. The Morgan fingerprint density at radius 1 is 1.24 bits per heavy atom. The van der Waals surface area contributed by atoms with Crippen molar-refractivity contribution in [1.82, 2.24) is 4.90 Å². The van der Waals surface area contributed by atoms with E-state index in [9.17, 15) is 4.79 Å². The number of aromatic hydroxyl groups is 1. The Morgan fingerprint density at radius 3 is 2.47 bits per heavy atom. The molecule has 0 bridgehead atoms. The zero-order valence-corrected chi connectivity index (χ0v) is 11.6. The van der Waals surface area contributed by atoms with Gasteiger partial charge in [-0.25, -0.2) is 0 Å². The molecule has 94 valence electrons. The van der Waals surface area contributed by atoms with Gasteiger partial charge in [-0.05, 0) is 37.1 Å². The fraction of sp³-hybridized carbons (Fsp3) is 0.462. The van der Waals surface area contributed by atoms with Crippen molar-refractivity contribution in [2.45, 2.75) is 19.3 Å². The number of halogens is 1. The summed E-state index contributed by atoms with van der Waals surface area (Å²) in [6.45, 7) is 0.771. The van der Waals surface area contributed by atoms with Gasteiger partial charge in [-0.2, -0.15) is 0 Å². The summed E-state index contributed by atoms with van der Waals surface area (Å²) >= 11 is 3.38. The zero-order chi connectivity index (χ0) is 12.7. The Balaban J connectivity index is 2.43. The van der Waals surface area contributed by atoms with Gasteiger partial charge in [0.2, 0.25) is 0 Å². The lowest BCUT2D eigenvalue weighted by Gasteiger charge is -2.17. The quantitative estimate of drug-likeness (QED) is 0.648. The minimum atomic E-state index is 0.00356. The number of amides is 1. The van der Waals surface area contributed by atoms with E-state index in [1.54, 1.807) is 17.0 Å². The van der Waals surface area contributed by atoms with E-state index in [0.717, 1.165) is 31.1 Å². The number of rotatable bonds is 6. The van der Waals surface area contributed by atoms with E-state index in [0.29, 0.717) is 5.56 Å². The Kier molecular flexibility index (Phi) is 6.05. The topological polar surface area (TPSA) is 40.5 Å². The molecule has 0 saturated carbocycles. The monoisotopic (exact) mass is 299 g/mol. The largest absolute Gasteiger partial charge is 0.508 e. The smallest absolute Gasteiger partial charge is 0.253 e. The first-order valence-corrected chi connectivity index (χ1v) is 6.87. The van der Waals surface area contributed by atoms with Crippen LogP contribution in [0.3, 0.4) is 0 Å². The van der Waals surface area contributed by atoms with E-state index in [2.05, 4.69) is 15.9 Å². The van der Waals surface area contributed by atoms with Crippen LogP contribution in [0.2, 0.25) is 0 Å². The molecule has 17 heavy (non-hydrogen) atoms. The van der Waals surface area contributed by atoms with Crippen LogP contribution >= 0.6 is 15.9 Å². The van der Waals surface area contributed by atoms with Crippen LogP contribution in [-0.2, 0) is 0 Å². The number of hydrogen-bond donors (Lipinski definition) is 1. The number of carbonyl (C=O) groups excluding carboxylic acids is 1. The Morgan fingerprint density at radius 2 is 1.88 bits per heavy atom. The van der Waals surface area contributed by atoms with Crippen LogP contribution < -0.4 is 0 Å². The summed E-state index contributed by atoms with van der Waals surface area (Å²) in [5.74, 6) is 0.186. The van der Waals surface area contributed by atoms with Gasteiger partial charge >= 0.3 is 0 Å². The molecule has 0 radical (unpaired) electrons. The second kappa shape index (κ2) is 7.33. The summed E-state index contributed by atoms with van der Waals surface area (Å²) in [4.78, 5) is 13.7. The highest BCUT2D eigenvalue weighted by Gasteiger charge is 2.10. The minimum Gasteiger partial charge on any atom is -0.508 e. The van der Waals surface area contributed by atoms with Crippen LogP contribution in [0.15, 0.2) is 24.3 Å². The molecule has 1 rings (SSSR count). The third kappa shape index (κ3) is 4.77. The van der Waals surface area contributed by atoms with Crippen molar-refractivity contribution in [2.24, 2.45) is 0 Å². The third-order valence-corrected chi connectivity index (χ3v) is 3.15. The first-order valence-electron chi connectivity index (χ1n) is 5.75. The van der Waals surface area contributed by atoms with E-state index >= 15 is 0 Å². The van der Waals surface area contributed by atoms with Crippen LogP contribution in [0.25, 0.3) is 0 Å². The van der Waals surface area contributed by atoms with Crippen LogP contribution in [0.4, 0.5) is 0 Å². The van der Waals surface area contributed by atoms with E-state index in [1.165, 1.54) is 12.1 Å². The molecule has 0 spiro atoms. The summed E-state index contributed by atoms with van der Waals surface area (Å²) in [6, 6.07) is 6.36. The number of hydrogen-bond acceptors (Lipinski definition) is 2. The number of phenols is 1. The first-order chi connectivity index (χ1) is 8.15. The van der Waals surface area contributed by atoms with Crippen LogP contribution in [-0.4, -0.2) is 34.8 Å². The van der Waals surface area contributed by atoms with Gasteiger partial charge < -0.3 is 10.0 Å². The van der Waals surface area contributed by atoms with Crippen LogP contribution in [0.5, 0.6) is 5.75 Å². The second-order valence-electron chi connectivity index (χ2n) is 4.02. The maximum Gasteiger partial charge on any atom is 0.253 e. The molecule has 0 fully saturated rings. The standard InChI is InChI=1S/C13H18BrNO2/c1-15(10-4-2-3-9-14)13(17)11-5-7-12(16)8-6-11/h5-8,16H,2-4,9-10H2,1H3. The van der Waals surface area contributed by atoms with Crippen molar-refractivity contribution in [3.8, 4) is 5.75 Å². The highest BCUT2D eigenvalue weighted by atomic mass is 79.9. The summed E-state index contributed by atoms with van der Waals surface area (Å²) in [5.41, 5.74) is 0.616. The van der Waals surface area contributed by atoms with E-state index in [1.807, 2.05) is 7.05 Å². The molecule has 1 aromatic carbocycles. The number of nitrogens with zero attached hydrogens (tertiary/aromatic N) is 1. The molecule has 0 atom stereocenters. The number of benzene rings is 1. The molecule has 0 unspecified atom stereocenters. The van der Waals surface area contributed by atoms with Crippen LogP contribution in [0, 0.1) is 0 Å². The predicted octanol–water partition coefficient (Wildman–Crippen LogP) is 3.03. The second-order valence-corrected chi connectivity index (χ2v) is 4.82. The molecular formula is C13H18BrNO2. The van der Waals surface area contributed by atoms with Gasteiger partial charge in [-0.3, -0.25) is 4.79 Å². The molecule has 3 nitrogen and oxygen atoms in total. The molecule has 0 saturated heterocycles. The SMILES string of the molecule is CN(CCCCCBr)C(=O)c1ccc(O)cc1. The van der Waals surface area contributed by atoms with Gasteiger partial charge in [0.25, 0.3) is 5.91 Å². The van der Waals surface area contributed by atoms with Crippen molar-refractivity contribution in [2.75, 3.05) is 18.9 Å². The highest BCUT2D eigenvalue weighted by molar-refractivity contribution is 9.09. The fourth-order valence-corrected chi connectivity index (χ4v) is 1.94. The lowest BCUT2D eigenvalue weighted by molar-refractivity contribution is 0.0792. The van der Waals surface area contributed by atoms with Crippen molar-refractivity contribution < 1.29 is 9.90 Å². The van der Waals surface area contributed by atoms with Crippen molar-refractivity contribution >= 4 is 21.8 Å². The summed E-state index contributed by atoms with van der Waals surface area (Å²) in [5, 5.41) is 10.2. The molecule has 1 amide bonds. The first kappa shape index (κ1) is 14.0. The molecule has 0 aliphatic carbocycles. The Bertz CT molecular complexity index is 351. The minimum absolute atomic E-state index is 0.00356. The molecule has 0 aliphatic heterocycles. The number of alkyl halides is 1. The van der Waals surface area contributed by atoms with E-state index in [-0.39, 0.29) is 11.7 Å². The van der Waals surface area contributed by atoms with Gasteiger partial charge in [0.15, 0.2) is 0 Å². The van der Waals surface area contributed by atoms with E-state index in [4.69, 9.17) is 5.11 Å².